The van der Waals surface area contributed by atoms with Gasteiger partial charge in [-0.25, -0.2) is 0 Å². The molecule has 0 saturated carbocycles. The molecule has 0 aromatic carbocycles. The van der Waals surface area contributed by atoms with E-state index in [1.54, 1.807) is 6.92 Å². The van der Waals surface area contributed by atoms with Gasteiger partial charge in [0.1, 0.15) is 0 Å². The summed E-state index contributed by atoms with van der Waals surface area (Å²) in [7, 11) is 0. The van der Waals surface area contributed by atoms with Gasteiger partial charge in [0.05, 0.1) is 5.71 Å². The van der Waals surface area contributed by atoms with E-state index in [4.69, 9.17) is 5.21 Å². The third-order valence-electron chi connectivity index (χ3n) is 0.533. The molecule has 2 heteroatoms. The van der Waals surface area contributed by atoms with E-state index in [0.29, 0.717) is 12.1 Å². The van der Waals surface area contributed by atoms with Crippen LogP contribution in [-0.4, -0.2) is 10.9 Å². The lowest BCUT2D eigenvalue weighted by molar-refractivity contribution is 0.318. The summed E-state index contributed by atoms with van der Waals surface area (Å²) in [4.78, 5) is 0. The highest BCUT2D eigenvalue weighted by molar-refractivity contribution is 5.81. The van der Waals surface area contributed by atoms with Crippen molar-refractivity contribution < 1.29 is 5.21 Å². The molecule has 0 aliphatic rings. The first-order valence-electron chi connectivity index (χ1n) is 1.78. The van der Waals surface area contributed by atoms with Gasteiger partial charge in [0, 0.05) is 0 Å². The molecule has 0 spiro atoms. The first-order chi connectivity index (χ1) is 2.81. The summed E-state index contributed by atoms with van der Waals surface area (Å²) in [5, 5.41) is 10.7. The molecular weight excluding hydrogens is 78.0 g/mol. The van der Waals surface area contributed by atoms with E-state index in [1.807, 2.05) is 0 Å². The van der Waals surface area contributed by atoms with Gasteiger partial charge in [-0.1, -0.05) is 5.16 Å². The Morgan fingerprint density at radius 2 is 2.50 bits per heavy atom. The molecule has 0 aromatic heterocycles. The van der Waals surface area contributed by atoms with E-state index in [1.165, 1.54) is 0 Å². The maximum Gasteiger partial charge on any atom is 0.0540 e. The quantitative estimate of drug-likeness (QED) is 0.289. The van der Waals surface area contributed by atoms with E-state index in [9.17, 15) is 0 Å². The molecule has 2 nitrogen and oxygen atoms in total. The van der Waals surface area contributed by atoms with Crippen LogP contribution >= 0.6 is 0 Å². The minimum absolute atomic E-state index is 0.580. The fourth-order valence-electron chi connectivity index (χ4n) is 0.0500. The predicted octanol–water partition coefficient (Wildman–Crippen LogP) is 1.06. The van der Waals surface area contributed by atoms with Crippen LogP contribution in [0.2, 0.25) is 0 Å². The zero-order valence-electron chi connectivity index (χ0n) is 3.81. The van der Waals surface area contributed by atoms with E-state index >= 15 is 0 Å². The van der Waals surface area contributed by atoms with Gasteiger partial charge in [0.2, 0.25) is 0 Å². The van der Waals surface area contributed by atoms with Crippen LogP contribution in [0, 0.1) is 6.92 Å². The van der Waals surface area contributed by atoms with Crippen molar-refractivity contribution in [2.45, 2.75) is 13.3 Å². The van der Waals surface area contributed by atoms with Crippen LogP contribution in [0.1, 0.15) is 13.3 Å². The van der Waals surface area contributed by atoms with Gasteiger partial charge in [0.25, 0.3) is 0 Å². The molecule has 0 aromatic rings. The van der Waals surface area contributed by atoms with Gasteiger partial charge in [-0.05, 0) is 20.3 Å². The second-order valence-corrected chi connectivity index (χ2v) is 1.09. The first kappa shape index (κ1) is 5.47. The van der Waals surface area contributed by atoms with Crippen LogP contribution < -0.4 is 0 Å². The molecule has 0 aliphatic carbocycles. The number of hydrogen-bond acceptors (Lipinski definition) is 2. The van der Waals surface area contributed by atoms with Gasteiger partial charge in [0.15, 0.2) is 0 Å². The molecule has 0 saturated heterocycles. The smallest absolute Gasteiger partial charge is 0.0540 e. The van der Waals surface area contributed by atoms with Crippen molar-refractivity contribution in [3.8, 4) is 0 Å². The summed E-state index contributed by atoms with van der Waals surface area (Å²) in [6.07, 6.45) is 0.580. The Hall–Kier alpha value is -0.530. The number of rotatable bonds is 1. The van der Waals surface area contributed by atoms with E-state index in [0.717, 1.165) is 0 Å². The van der Waals surface area contributed by atoms with Crippen molar-refractivity contribution in [3.63, 3.8) is 0 Å². The fourth-order valence-corrected chi connectivity index (χ4v) is 0.0500. The topological polar surface area (TPSA) is 32.6 Å². The van der Waals surface area contributed by atoms with Crippen molar-refractivity contribution in [1.29, 1.82) is 0 Å². The largest absolute Gasteiger partial charge is 0.411 e. The molecule has 35 valence electrons. The van der Waals surface area contributed by atoms with Crippen LogP contribution in [0.25, 0.3) is 0 Å². The van der Waals surface area contributed by atoms with Gasteiger partial charge in [-0.3, -0.25) is 0 Å². The molecule has 0 amide bonds. The van der Waals surface area contributed by atoms with E-state index < -0.39 is 0 Å². The highest BCUT2D eigenvalue weighted by Crippen LogP contribution is 1.77. The lowest BCUT2D eigenvalue weighted by Crippen LogP contribution is -1.83. The molecule has 0 fully saturated rings. The summed E-state index contributed by atoms with van der Waals surface area (Å²) in [6, 6.07) is 0. The molecule has 0 heterocycles. The summed E-state index contributed by atoms with van der Waals surface area (Å²) in [5.41, 5.74) is 0.662. The average Bonchev–Trinajstić information content (AvgIpc) is 1.65. The standard InChI is InChI=1S/C4H8NO/c1-3-4(2)5-6/h6H,1,3H2,2H3/b5-4-. The Morgan fingerprint density at radius 1 is 2.00 bits per heavy atom. The lowest BCUT2D eigenvalue weighted by atomic mass is 10.3. The van der Waals surface area contributed by atoms with Crippen LogP contribution in [0.3, 0.4) is 0 Å². The Balaban J connectivity index is 3.22. The van der Waals surface area contributed by atoms with E-state index in [2.05, 4.69) is 12.1 Å². The minimum atomic E-state index is 0.580. The molecule has 6 heavy (non-hydrogen) atoms. The summed E-state index contributed by atoms with van der Waals surface area (Å²) >= 11 is 0. The minimum Gasteiger partial charge on any atom is -0.411 e. The van der Waals surface area contributed by atoms with Crippen LogP contribution in [0.15, 0.2) is 5.16 Å². The molecule has 0 atom stereocenters. The molecule has 1 radical (unpaired) electrons. The van der Waals surface area contributed by atoms with Crippen LogP contribution in [0.5, 0.6) is 0 Å². The molecule has 0 unspecified atom stereocenters. The highest BCUT2D eigenvalue weighted by atomic mass is 16.4. The molecule has 1 N–H and O–H groups in total. The van der Waals surface area contributed by atoms with Crippen LogP contribution in [-0.2, 0) is 0 Å². The second-order valence-electron chi connectivity index (χ2n) is 1.09. The zero-order chi connectivity index (χ0) is 4.99. The Bertz CT molecular complexity index is 58.6. The Kier molecular flexibility index (Phi) is 2.46. The first-order valence-corrected chi connectivity index (χ1v) is 1.78. The molecule has 0 bridgehead atoms. The van der Waals surface area contributed by atoms with Crippen molar-refractivity contribution in [1.82, 2.24) is 0 Å². The van der Waals surface area contributed by atoms with Gasteiger partial charge in [-0.15, -0.1) is 0 Å². The monoisotopic (exact) mass is 86.1 g/mol. The fraction of sp³-hybridized carbons (Fsp3) is 0.500. The zero-order valence-corrected chi connectivity index (χ0v) is 3.81. The van der Waals surface area contributed by atoms with Crippen molar-refractivity contribution in [3.05, 3.63) is 6.92 Å². The van der Waals surface area contributed by atoms with Gasteiger partial charge < -0.3 is 5.21 Å². The lowest BCUT2D eigenvalue weighted by Gasteiger charge is -1.81. The second kappa shape index (κ2) is 2.69. The predicted molar refractivity (Wildman–Crippen MR) is 24.9 cm³/mol. The van der Waals surface area contributed by atoms with Crippen molar-refractivity contribution >= 4 is 5.71 Å². The molecular formula is C4H8NO. The molecule has 0 aliphatic heterocycles. The Labute approximate surface area is 37.5 Å². The SMILES string of the molecule is [CH2]C/C(C)=N\O. The van der Waals surface area contributed by atoms with Gasteiger partial charge >= 0.3 is 0 Å². The third kappa shape index (κ3) is 1.76. The number of oxime groups is 1. The summed E-state index contributed by atoms with van der Waals surface area (Å²) in [6.45, 7) is 5.18. The Morgan fingerprint density at radius 3 is 2.50 bits per heavy atom. The van der Waals surface area contributed by atoms with Crippen LogP contribution in [0.4, 0.5) is 0 Å². The van der Waals surface area contributed by atoms with Crippen molar-refractivity contribution in [2.24, 2.45) is 5.16 Å². The summed E-state index contributed by atoms with van der Waals surface area (Å²) in [5.74, 6) is 0. The summed E-state index contributed by atoms with van der Waals surface area (Å²) < 4.78 is 0. The maximum atomic E-state index is 7.88. The number of nitrogens with zero attached hydrogens (tertiary/aromatic N) is 1. The molecule has 0 rings (SSSR count). The maximum absolute atomic E-state index is 7.88. The van der Waals surface area contributed by atoms with E-state index in [-0.39, 0.29) is 0 Å². The van der Waals surface area contributed by atoms with Crippen molar-refractivity contribution in [2.75, 3.05) is 0 Å². The van der Waals surface area contributed by atoms with Gasteiger partial charge in [-0.2, -0.15) is 0 Å². The number of hydrogen-bond donors (Lipinski definition) is 1. The normalized spacial score (nSPS) is 12.0. The third-order valence-corrected chi connectivity index (χ3v) is 0.533. The highest BCUT2D eigenvalue weighted by Gasteiger charge is 1.78. The average molecular weight is 86.1 g/mol.